The van der Waals surface area contributed by atoms with Crippen LogP contribution in [0.1, 0.15) is 25.2 Å². The predicted molar refractivity (Wildman–Crippen MR) is 70.9 cm³/mol. The molecule has 0 spiro atoms. The maximum absolute atomic E-state index is 5.89. The minimum absolute atomic E-state index is 0.403. The van der Waals surface area contributed by atoms with Gasteiger partial charge in [-0.2, -0.15) is 5.10 Å². The fourth-order valence-electron chi connectivity index (χ4n) is 1.54. The molecule has 0 atom stereocenters. The number of rotatable bonds is 4. The molecule has 96 valence electrons. The van der Waals surface area contributed by atoms with Crippen LogP contribution >= 0.6 is 11.6 Å². The van der Waals surface area contributed by atoms with Crippen LogP contribution in [-0.2, 0) is 6.54 Å². The molecule has 0 aliphatic heterocycles. The Bertz CT molecular complexity index is 535. The third-order valence-corrected chi connectivity index (χ3v) is 2.63. The number of aryl methyl sites for hydroxylation is 1. The van der Waals surface area contributed by atoms with E-state index in [1.807, 2.05) is 13.1 Å². The lowest BCUT2D eigenvalue weighted by Crippen LogP contribution is -2.23. The third kappa shape index (κ3) is 3.05. The average molecular weight is 266 g/mol. The van der Waals surface area contributed by atoms with Gasteiger partial charge in [-0.15, -0.1) is 0 Å². The van der Waals surface area contributed by atoms with Crippen molar-refractivity contribution in [3.63, 3.8) is 0 Å². The normalized spacial score (nSPS) is 11.2. The summed E-state index contributed by atoms with van der Waals surface area (Å²) < 4.78 is 1.67. The highest BCUT2D eigenvalue weighted by atomic mass is 35.5. The Morgan fingerprint density at radius 1 is 1.39 bits per heavy atom. The lowest BCUT2D eigenvalue weighted by atomic mass is 10.2. The van der Waals surface area contributed by atoms with E-state index >= 15 is 0 Å². The topological polar surface area (TPSA) is 55.6 Å². The number of nitrogens with one attached hydrogen (secondary N) is 1. The summed E-state index contributed by atoms with van der Waals surface area (Å²) in [5.41, 5.74) is 0.995. The first-order valence-corrected chi connectivity index (χ1v) is 6.20. The molecule has 0 radical (unpaired) electrons. The molecule has 0 unspecified atom stereocenters. The second-order valence-electron chi connectivity index (χ2n) is 4.40. The first-order chi connectivity index (χ1) is 8.56. The quantitative estimate of drug-likeness (QED) is 0.920. The minimum Gasteiger partial charge on any atom is -0.310 e. The summed E-state index contributed by atoms with van der Waals surface area (Å²) in [6, 6.07) is 0.403. The predicted octanol–water partition coefficient (Wildman–Crippen LogP) is 2.12. The molecule has 0 aliphatic carbocycles. The van der Waals surface area contributed by atoms with Gasteiger partial charge in [-0.05, 0) is 6.92 Å². The molecule has 0 bridgehead atoms. The van der Waals surface area contributed by atoms with E-state index in [-0.39, 0.29) is 0 Å². The molecule has 0 fully saturated rings. The van der Waals surface area contributed by atoms with Crippen LogP contribution in [0.5, 0.6) is 0 Å². The summed E-state index contributed by atoms with van der Waals surface area (Å²) in [5.74, 6) is 1.48. The van der Waals surface area contributed by atoms with E-state index in [4.69, 9.17) is 11.6 Å². The lowest BCUT2D eigenvalue weighted by molar-refractivity contribution is 0.583. The zero-order valence-corrected chi connectivity index (χ0v) is 11.4. The molecular weight excluding hydrogens is 250 g/mol. The Balaban J connectivity index is 2.34. The summed E-state index contributed by atoms with van der Waals surface area (Å²) in [6.45, 7) is 6.75. The average Bonchev–Trinajstić information content (AvgIpc) is 2.74. The van der Waals surface area contributed by atoms with Crippen LogP contribution in [0.15, 0.2) is 18.6 Å². The molecule has 2 aromatic heterocycles. The molecule has 0 saturated carbocycles. The van der Waals surface area contributed by atoms with E-state index in [9.17, 15) is 0 Å². The summed E-state index contributed by atoms with van der Waals surface area (Å²) in [6.07, 6.45) is 5.16. The van der Waals surface area contributed by atoms with Crippen LogP contribution in [0.25, 0.3) is 5.82 Å². The van der Waals surface area contributed by atoms with Gasteiger partial charge in [0.15, 0.2) is 5.82 Å². The Hall–Kier alpha value is -1.46. The van der Waals surface area contributed by atoms with Crippen LogP contribution in [0.3, 0.4) is 0 Å². The maximum Gasteiger partial charge on any atom is 0.161 e. The van der Waals surface area contributed by atoms with E-state index in [0.717, 1.165) is 11.4 Å². The fraction of sp³-hybridized carbons (Fsp3) is 0.417. The van der Waals surface area contributed by atoms with Gasteiger partial charge in [0.1, 0.15) is 5.82 Å². The second kappa shape index (κ2) is 5.46. The molecule has 5 nitrogen and oxygen atoms in total. The highest BCUT2D eigenvalue weighted by molar-refractivity contribution is 6.30. The van der Waals surface area contributed by atoms with Gasteiger partial charge in [-0.1, -0.05) is 25.4 Å². The van der Waals surface area contributed by atoms with Gasteiger partial charge in [0.25, 0.3) is 0 Å². The van der Waals surface area contributed by atoms with Gasteiger partial charge < -0.3 is 5.32 Å². The Morgan fingerprint density at radius 3 is 2.78 bits per heavy atom. The lowest BCUT2D eigenvalue weighted by Gasteiger charge is -2.11. The van der Waals surface area contributed by atoms with Gasteiger partial charge in [0, 0.05) is 24.3 Å². The third-order valence-electron chi connectivity index (χ3n) is 2.43. The van der Waals surface area contributed by atoms with Gasteiger partial charge in [-0.3, -0.25) is 0 Å². The molecule has 0 aliphatic rings. The Kier molecular flexibility index (Phi) is 3.93. The molecule has 2 rings (SSSR count). The van der Waals surface area contributed by atoms with Gasteiger partial charge in [0.2, 0.25) is 0 Å². The fourth-order valence-corrected chi connectivity index (χ4v) is 1.67. The standard InChI is InChI=1S/C12H16ClN5/c1-8(2)14-4-10-5-15-9(3)17-12(10)18-7-11(13)6-16-18/h5-8,14H,4H2,1-3H3. The first-order valence-electron chi connectivity index (χ1n) is 5.82. The van der Waals surface area contributed by atoms with Gasteiger partial charge in [0.05, 0.1) is 17.4 Å². The summed E-state index contributed by atoms with van der Waals surface area (Å²) in [5, 5.41) is 8.12. The molecule has 2 heterocycles. The molecule has 1 N–H and O–H groups in total. The van der Waals surface area contributed by atoms with Crippen molar-refractivity contribution in [2.75, 3.05) is 0 Å². The van der Waals surface area contributed by atoms with Crippen LogP contribution < -0.4 is 5.32 Å². The van der Waals surface area contributed by atoms with Crippen molar-refractivity contribution in [2.45, 2.75) is 33.4 Å². The molecule has 0 aromatic carbocycles. The van der Waals surface area contributed by atoms with Crippen molar-refractivity contribution in [2.24, 2.45) is 0 Å². The summed E-state index contributed by atoms with van der Waals surface area (Å²) in [4.78, 5) is 8.65. The Morgan fingerprint density at radius 2 is 2.17 bits per heavy atom. The van der Waals surface area contributed by atoms with Crippen LogP contribution in [0.4, 0.5) is 0 Å². The van der Waals surface area contributed by atoms with Crippen molar-refractivity contribution in [1.29, 1.82) is 0 Å². The molecular formula is C12H16ClN5. The SMILES string of the molecule is Cc1ncc(CNC(C)C)c(-n2cc(Cl)cn2)n1. The van der Waals surface area contributed by atoms with Crippen molar-refractivity contribution in [1.82, 2.24) is 25.1 Å². The van der Waals surface area contributed by atoms with E-state index < -0.39 is 0 Å². The maximum atomic E-state index is 5.89. The van der Waals surface area contributed by atoms with E-state index in [0.29, 0.717) is 23.4 Å². The van der Waals surface area contributed by atoms with Gasteiger partial charge >= 0.3 is 0 Å². The van der Waals surface area contributed by atoms with Crippen molar-refractivity contribution >= 4 is 11.6 Å². The molecule has 18 heavy (non-hydrogen) atoms. The van der Waals surface area contributed by atoms with Crippen molar-refractivity contribution in [3.8, 4) is 5.82 Å². The monoisotopic (exact) mass is 265 g/mol. The Labute approximate surface area is 111 Å². The molecule has 0 saturated heterocycles. The smallest absolute Gasteiger partial charge is 0.161 e. The van der Waals surface area contributed by atoms with Crippen molar-refractivity contribution < 1.29 is 0 Å². The zero-order valence-electron chi connectivity index (χ0n) is 10.7. The van der Waals surface area contributed by atoms with Crippen molar-refractivity contribution in [3.05, 3.63) is 35.0 Å². The van der Waals surface area contributed by atoms with Crippen LogP contribution in [0.2, 0.25) is 5.02 Å². The summed E-state index contributed by atoms with van der Waals surface area (Å²) >= 11 is 5.89. The van der Waals surface area contributed by atoms with E-state index in [1.165, 1.54) is 0 Å². The van der Waals surface area contributed by atoms with E-state index in [2.05, 4.69) is 34.2 Å². The number of halogens is 1. The highest BCUT2D eigenvalue weighted by Gasteiger charge is 2.09. The minimum atomic E-state index is 0.403. The van der Waals surface area contributed by atoms with Crippen LogP contribution in [-0.4, -0.2) is 25.8 Å². The number of nitrogens with zero attached hydrogens (tertiary/aromatic N) is 4. The molecule has 2 aromatic rings. The highest BCUT2D eigenvalue weighted by Crippen LogP contribution is 2.14. The number of hydrogen-bond donors (Lipinski definition) is 1. The molecule has 6 heteroatoms. The summed E-state index contributed by atoms with van der Waals surface area (Å²) in [7, 11) is 0. The number of aromatic nitrogens is 4. The second-order valence-corrected chi connectivity index (χ2v) is 4.84. The first kappa shape index (κ1) is 13.0. The van der Waals surface area contributed by atoms with Gasteiger partial charge in [-0.25, -0.2) is 14.6 Å². The van der Waals surface area contributed by atoms with E-state index in [1.54, 1.807) is 17.1 Å². The zero-order chi connectivity index (χ0) is 13.1. The van der Waals surface area contributed by atoms with Crippen LogP contribution in [0, 0.1) is 6.92 Å². The number of hydrogen-bond acceptors (Lipinski definition) is 4. The largest absolute Gasteiger partial charge is 0.310 e. The molecule has 0 amide bonds.